The highest BCUT2D eigenvalue weighted by Crippen LogP contribution is 2.25. The van der Waals surface area contributed by atoms with Crippen LogP contribution in [-0.2, 0) is 0 Å². The molecule has 1 aliphatic heterocycles. The Hall–Kier alpha value is -1.42. The van der Waals surface area contributed by atoms with Crippen LogP contribution in [0.4, 0.5) is 10.5 Å². The molecule has 0 aliphatic carbocycles. The second-order valence-corrected chi connectivity index (χ2v) is 5.59. The highest BCUT2D eigenvalue weighted by atomic mass is 35.5. The van der Waals surface area contributed by atoms with Crippen molar-refractivity contribution in [3.8, 4) is 0 Å². The number of rotatable bonds is 3. The summed E-state index contributed by atoms with van der Waals surface area (Å²) in [6.45, 7) is 7.19. The van der Waals surface area contributed by atoms with Crippen molar-refractivity contribution in [1.29, 1.82) is 0 Å². The van der Waals surface area contributed by atoms with Crippen molar-refractivity contribution in [2.45, 2.75) is 26.3 Å². The summed E-state index contributed by atoms with van der Waals surface area (Å²) in [5.74, 6) is 0. The largest absolute Gasteiger partial charge is 0.367 e. The molecule has 1 heterocycles. The Morgan fingerprint density at radius 2 is 1.95 bits per heavy atom. The molecule has 1 fully saturated rings. The number of nitrogens with one attached hydrogen (secondary N) is 1. The van der Waals surface area contributed by atoms with Crippen LogP contribution in [0.2, 0.25) is 5.02 Å². The van der Waals surface area contributed by atoms with Gasteiger partial charge >= 0.3 is 6.03 Å². The van der Waals surface area contributed by atoms with Crippen LogP contribution in [0.1, 0.15) is 20.3 Å². The first-order valence-electron chi connectivity index (χ1n) is 7.16. The molecule has 1 aliphatic rings. The van der Waals surface area contributed by atoms with Crippen LogP contribution in [0.5, 0.6) is 0 Å². The summed E-state index contributed by atoms with van der Waals surface area (Å²) in [5.41, 5.74) is 1.05. The maximum Gasteiger partial charge on any atom is 0.317 e. The first-order valence-corrected chi connectivity index (χ1v) is 7.54. The monoisotopic (exact) mass is 295 g/mol. The SMILES string of the molecule is CCC(C)NC(=O)N1CCN(c2ccccc2Cl)CC1. The van der Waals surface area contributed by atoms with E-state index < -0.39 is 0 Å². The van der Waals surface area contributed by atoms with Crippen LogP contribution >= 0.6 is 11.6 Å². The number of urea groups is 1. The van der Waals surface area contributed by atoms with Gasteiger partial charge in [0.2, 0.25) is 0 Å². The summed E-state index contributed by atoms with van der Waals surface area (Å²) >= 11 is 6.21. The Morgan fingerprint density at radius 1 is 1.30 bits per heavy atom. The molecule has 2 amide bonds. The van der Waals surface area contributed by atoms with Crippen molar-refractivity contribution in [2.24, 2.45) is 0 Å². The lowest BCUT2D eigenvalue weighted by Crippen LogP contribution is -2.53. The van der Waals surface area contributed by atoms with Crippen LogP contribution in [-0.4, -0.2) is 43.2 Å². The van der Waals surface area contributed by atoms with Gasteiger partial charge in [0.1, 0.15) is 0 Å². The van der Waals surface area contributed by atoms with Gasteiger partial charge in [-0.05, 0) is 25.5 Å². The van der Waals surface area contributed by atoms with E-state index in [0.29, 0.717) is 0 Å². The maximum absolute atomic E-state index is 12.0. The predicted molar refractivity (Wildman–Crippen MR) is 83.5 cm³/mol. The molecule has 0 saturated carbocycles. The number of nitrogens with zero attached hydrogens (tertiary/aromatic N) is 2. The lowest BCUT2D eigenvalue weighted by Gasteiger charge is -2.36. The molecule has 5 heteroatoms. The van der Waals surface area contributed by atoms with Crippen molar-refractivity contribution in [2.75, 3.05) is 31.1 Å². The van der Waals surface area contributed by atoms with Gasteiger partial charge in [0.25, 0.3) is 0 Å². The van der Waals surface area contributed by atoms with Gasteiger partial charge in [-0.25, -0.2) is 4.79 Å². The van der Waals surface area contributed by atoms with Gasteiger partial charge in [-0.3, -0.25) is 0 Å². The number of halogens is 1. The van der Waals surface area contributed by atoms with Gasteiger partial charge in [-0.1, -0.05) is 30.7 Å². The minimum atomic E-state index is 0.0400. The van der Waals surface area contributed by atoms with E-state index in [9.17, 15) is 4.79 Å². The summed E-state index contributed by atoms with van der Waals surface area (Å²) in [6.07, 6.45) is 0.950. The van der Waals surface area contributed by atoms with E-state index in [0.717, 1.165) is 43.3 Å². The zero-order valence-corrected chi connectivity index (χ0v) is 12.9. The molecule has 4 nitrogen and oxygen atoms in total. The van der Waals surface area contributed by atoms with Gasteiger partial charge in [0.05, 0.1) is 10.7 Å². The number of hydrogen-bond acceptors (Lipinski definition) is 2. The van der Waals surface area contributed by atoms with E-state index in [4.69, 9.17) is 11.6 Å². The molecule has 110 valence electrons. The van der Waals surface area contributed by atoms with Crippen LogP contribution in [0.15, 0.2) is 24.3 Å². The third kappa shape index (κ3) is 3.57. The highest BCUT2D eigenvalue weighted by Gasteiger charge is 2.22. The topological polar surface area (TPSA) is 35.6 Å². The van der Waals surface area contributed by atoms with Crippen LogP contribution in [0.3, 0.4) is 0 Å². The Kier molecular flexibility index (Phi) is 5.12. The molecular weight excluding hydrogens is 274 g/mol. The number of benzene rings is 1. The fraction of sp³-hybridized carbons (Fsp3) is 0.533. The fourth-order valence-corrected chi connectivity index (χ4v) is 2.52. The summed E-state index contributed by atoms with van der Waals surface area (Å²) < 4.78 is 0. The zero-order chi connectivity index (χ0) is 14.5. The van der Waals surface area contributed by atoms with Crippen molar-refractivity contribution in [1.82, 2.24) is 10.2 Å². The van der Waals surface area contributed by atoms with E-state index in [1.165, 1.54) is 0 Å². The number of carbonyl (C=O) groups excluding carboxylic acids is 1. The summed E-state index contributed by atoms with van der Waals surface area (Å²) in [6, 6.07) is 8.11. The van der Waals surface area contributed by atoms with Gasteiger partial charge in [-0.15, -0.1) is 0 Å². The summed E-state index contributed by atoms with van der Waals surface area (Å²) in [7, 11) is 0. The Bertz CT molecular complexity index is 458. The standard InChI is InChI=1S/C15H22ClN3O/c1-3-12(2)17-15(20)19-10-8-18(9-11-19)14-7-5-4-6-13(14)16/h4-7,12H,3,8-11H2,1-2H3,(H,17,20). The van der Waals surface area contributed by atoms with Gasteiger partial charge < -0.3 is 15.1 Å². The molecule has 1 aromatic rings. The Labute approximate surface area is 125 Å². The minimum Gasteiger partial charge on any atom is -0.367 e. The number of hydrogen-bond donors (Lipinski definition) is 1. The molecular formula is C15H22ClN3O. The second kappa shape index (κ2) is 6.84. The third-order valence-corrected chi connectivity index (χ3v) is 4.06. The van der Waals surface area contributed by atoms with E-state index in [2.05, 4.69) is 17.1 Å². The molecule has 0 spiro atoms. The van der Waals surface area contributed by atoms with Gasteiger partial charge in [-0.2, -0.15) is 0 Å². The Morgan fingerprint density at radius 3 is 2.55 bits per heavy atom. The molecule has 20 heavy (non-hydrogen) atoms. The van der Waals surface area contributed by atoms with Crippen LogP contribution in [0, 0.1) is 0 Å². The molecule has 1 N–H and O–H groups in total. The van der Waals surface area contributed by atoms with E-state index in [1.54, 1.807) is 0 Å². The minimum absolute atomic E-state index is 0.0400. The average molecular weight is 296 g/mol. The fourth-order valence-electron chi connectivity index (χ4n) is 2.26. The van der Waals surface area contributed by atoms with Crippen LogP contribution in [0.25, 0.3) is 0 Å². The zero-order valence-electron chi connectivity index (χ0n) is 12.1. The first-order chi connectivity index (χ1) is 9.61. The van der Waals surface area contributed by atoms with Crippen LogP contribution < -0.4 is 10.2 Å². The van der Waals surface area contributed by atoms with E-state index >= 15 is 0 Å². The molecule has 1 unspecified atom stereocenters. The molecule has 1 saturated heterocycles. The third-order valence-electron chi connectivity index (χ3n) is 3.74. The number of anilines is 1. The van der Waals surface area contributed by atoms with Crippen molar-refractivity contribution >= 4 is 23.3 Å². The summed E-state index contributed by atoms with van der Waals surface area (Å²) in [5, 5.41) is 3.78. The second-order valence-electron chi connectivity index (χ2n) is 5.18. The number of piperazine rings is 1. The van der Waals surface area contributed by atoms with E-state index in [-0.39, 0.29) is 12.1 Å². The molecule has 2 rings (SSSR count). The molecule has 1 aromatic carbocycles. The number of para-hydroxylation sites is 1. The Balaban J connectivity index is 1.89. The molecule has 0 aromatic heterocycles. The average Bonchev–Trinajstić information content (AvgIpc) is 2.47. The number of carbonyl (C=O) groups is 1. The quantitative estimate of drug-likeness (QED) is 0.930. The molecule has 0 bridgehead atoms. The molecule has 1 atom stereocenters. The highest BCUT2D eigenvalue weighted by molar-refractivity contribution is 6.33. The van der Waals surface area contributed by atoms with Crippen molar-refractivity contribution < 1.29 is 4.79 Å². The van der Waals surface area contributed by atoms with Gasteiger partial charge in [0.15, 0.2) is 0 Å². The number of amides is 2. The molecule has 0 radical (unpaired) electrons. The lowest BCUT2D eigenvalue weighted by atomic mass is 10.2. The lowest BCUT2D eigenvalue weighted by molar-refractivity contribution is 0.191. The summed E-state index contributed by atoms with van der Waals surface area (Å²) in [4.78, 5) is 16.2. The first kappa shape index (κ1) is 15.0. The normalized spacial score (nSPS) is 16.9. The predicted octanol–water partition coefficient (Wildman–Crippen LogP) is 2.97. The van der Waals surface area contributed by atoms with E-state index in [1.807, 2.05) is 36.1 Å². The smallest absolute Gasteiger partial charge is 0.317 e. The van der Waals surface area contributed by atoms with Crippen molar-refractivity contribution in [3.63, 3.8) is 0 Å². The maximum atomic E-state index is 12.0. The van der Waals surface area contributed by atoms with Gasteiger partial charge in [0, 0.05) is 32.2 Å². The van der Waals surface area contributed by atoms with Crippen molar-refractivity contribution in [3.05, 3.63) is 29.3 Å².